The Labute approximate surface area is 130 Å². The van der Waals surface area contributed by atoms with Crippen molar-refractivity contribution in [2.24, 2.45) is 7.05 Å². The number of carbonyl (C=O) groups excluding carboxylic acids is 1. The summed E-state index contributed by atoms with van der Waals surface area (Å²) in [6.45, 7) is 1.85. The van der Waals surface area contributed by atoms with Crippen LogP contribution < -0.4 is 16.6 Å². The van der Waals surface area contributed by atoms with Gasteiger partial charge in [-0.05, 0) is 24.6 Å². The van der Waals surface area contributed by atoms with Gasteiger partial charge in [-0.25, -0.2) is 9.78 Å². The number of nitrogens with one attached hydrogen (secondary N) is 2. The monoisotopic (exact) mass is 313 g/mol. The summed E-state index contributed by atoms with van der Waals surface area (Å²) in [7, 11) is 1.50. The van der Waals surface area contributed by atoms with Gasteiger partial charge in [-0.15, -0.1) is 0 Å². The molecule has 23 heavy (non-hydrogen) atoms. The number of anilines is 1. The van der Waals surface area contributed by atoms with E-state index in [2.05, 4.69) is 15.3 Å². The number of H-pyrrole nitrogens is 1. The molecule has 8 heteroatoms. The highest BCUT2D eigenvalue weighted by Gasteiger charge is 2.13. The van der Waals surface area contributed by atoms with Crippen LogP contribution >= 0.6 is 0 Å². The van der Waals surface area contributed by atoms with E-state index >= 15 is 0 Å². The maximum absolute atomic E-state index is 12.2. The number of imidazole rings is 1. The first-order chi connectivity index (χ1) is 11.0. The molecule has 0 radical (unpaired) electrons. The summed E-state index contributed by atoms with van der Waals surface area (Å²) in [4.78, 5) is 41.9. The summed E-state index contributed by atoms with van der Waals surface area (Å²) in [6, 6.07) is 7.41. The van der Waals surface area contributed by atoms with E-state index in [0.717, 1.165) is 5.56 Å². The molecule has 0 aliphatic heterocycles. The van der Waals surface area contributed by atoms with E-state index in [1.54, 1.807) is 6.07 Å². The molecular formula is C15H15N5O3. The lowest BCUT2D eigenvalue weighted by Crippen LogP contribution is -2.30. The third-order valence-electron chi connectivity index (χ3n) is 3.49. The number of rotatable bonds is 3. The number of aromatic nitrogens is 4. The van der Waals surface area contributed by atoms with Crippen LogP contribution in [0.15, 0.2) is 40.2 Å². The molecule has 2 aromatic heterocycles. The Morgan fingerprint density at radius 1 is 1.35 bits per heavy atom. The van der Waals surface area contributed by atoms with Gasteiger partial charge in [0.25, 0.3) is 5.56 Å². The molecule has 1 amide bonds. The molecule has 0 aliphatic rings. The number of aryl methyl sites for hydroxylation is 2. The van der Waals surface area contributed by atoms with Gasteiger partial charge in [0.15, 0.2) is 11.2 Å². The Bertz CT molecular complexity index is 1010. The van der Waals surface area contributed by atoms with Crippen molar-refractivity contribution >= 4 is 22.8 Å². The minimum absolute atomic E-state index is 0.0777. The van der Waals surface area contributed by atoms with Crippen LogP contribution in [0.5, 0.6) is 0 Å². The Kier molecular flexibility index (Phi) is 3.57. The fraction of sp³-hybridized carbons (Fsp3) is 0.200. The highest BCUT2D eigenvalue weighted by molar-refractivity contribution is 5.91. The minimum Gasteiger partial charge on any atom is -0.325 e. The Hall–Kier alpha value is -3.16. The van der Waals surface area contributed by atoms with Gasteiger partial charge in [0.1, 0.15) is 6.54 Å². The maximum Gasteiger partial charge on any atom is 0.329 e. The molecule has 118 valence electrons. The van der Waals surface area contributed by atoms with Crippen molar-refractivity contribution in [1.29, 1.82) is 0 Å². The van der Waals surface area contributed by atoms with Crippen LogP contribution in [-0.4, -0.2) is 25.0 Å². The molecule has 0 bridgehead atoms. The lowest BCUT2D eigenvalue weighted by Gasteiger charge is -2.07. The zero-order chi connectivity index (χ0) is 16.6. The largest absolute Gasteiger partial charge is 0.329 e. The van der Waals surface area contributed by atoms with Gasteiger partial charge in [-0.2, -0.15) is 0 Å². The van der Waals surface area contributed by atoms with Gasteiger partial charge in [0.05, 0.1) is 6.33 Å². The highest BCUT2D eigenvalue weighted by atomic mass is 16.2. The van der Waals surface area contributed by atoms with Gasteiger partial charge in [0, 0.05) is 12.7 Å². The molecule has 0 saturated heterocycles. The van der Waals surface area contributed by atoms with E-state index < -0.39 is 11.2 Å². The minimum atomic E-state index is -0.566. The van der Waals surface area contributed by atoms with Crippen molar-refractivity contribution in [3.05, 3.63) is 57.0 Å². The van der Waals surface area contributed by atoms with Gasteiger partial charge < -0.3 is 9.88 Å². The Balaban J connectivity index is 1.90. The third-order valence-corrected chi connectivity index (χ3v) is 3.49. The molecule has 1 aromatic carbocycles. The number of aromatic amines is 1. The van der Waals surface area contributed by atoms with Crippen LogP contribution in [0.3, 0.4) is 0 Å². The summed E-state index contributed by atoms with van der Waals surface area (Å²) in [5.41, 5.74) is 1.03. The van der Waals surface area contributed by atoms with E-state index in [0.29, 0.717) is 5.69 Å². The Morgan fingerprint density at radius 2 is 2.13 bits per heavy atom. The summed E-state index contributed by atoms with van der Waals surface area (Å²) < 4.78 is 2.64. The van der Waals surface area contributed by atoms with E-state index in [1.807, 2.05) is 25.1 Å². The van der Waals surface area contributed by atoms with E-state index in [1.165, 1.54) is 22.5 Å². The first-order valence-electron chi connectivity index (χ1n) is 6.96. The summed E-state index contributed by atoms with van der Waals surface area (Å²) >= 11 is 0. The fourth-order valence-electron chi connectivity index (χ4n) is 2.38. The van der Waals surface area contributed by atoms with Crippen LogP contribution in [0.25, 0.3) is 11.2 Å². The number of fused-ring (bicyclic) bond motifs is 1. The van der Waals surface area contributed by atoms with Crippen molar-refractivity contribution in [3.8, 4) is 0 Å². The molecule has 8 nitrogen and oxygen atoms in total. The molecule has 0 spiro atoms. The first-order valence-corrected chi connectivity index (χ1v) is 6.96. The second-order valence-electron chi connectivity index (χ2n) is 5.28. The normalized spacial score (nSPS) is 10.9. The van der Waals surface area contributed by atoms with Crippen molar-refractivity contribution < 1.29 is 4.79 Å². The van der Waals surface area contributed by atoms with Crippen molar-refractivity contribution in [2.75, 3.05) is 5.32 Å². The van der Waals surface area contributed by atoms with E-state index in [-0.39, 0.29) is 23.6 Å². The number of hydrogen-bond donors (Lipinski definition) is 2. The molecular weight excluding hydrogens is 298 g/mol. The summed E-state index contributed by atoms with van der Waals surface area (Å²) in [6.07, 6.45) is 1.37. The standard InChI is InChI=1S/C15H15N5O3/c1-9-4-3-5-10(6-9)17-11(21)7-20-8-16-13-12(20)14(22)18-15(23)19(13)2/h3-6,8H,7H2,1-2H3,(H,17,21)(H,18,22,23). The SMILES string of the molecule is Cc1cccc(NC(=O)Cn2cnc3c2c(=O)[nH]c(=O)n3C)c1. The van der Waals surface area contributed by atoms with Gasteiger partial charge in [0.2, 0.25) is 5.91 Å². The molecule has 0 saturated carbocycles. The quantitative estimate of drug-likeness (QED) is 0.729. The van der Waals surface area contributed by atoms with Crippen molar-refractivity contribution in [2.45, 2.75) is 13.5 Å². The first kappa shape index (κ1) is 14.8. The van der Waals surface area contributed by atoms with Crippen LogP contribution in [0.1, 0.15) is 5.56 Å². The molecule has 2 heterocycles. The van der Waals surface area contributed by atoms with Crippen molar-refractivity contribution in [3.63, 3.8) is 0 Å². The average Bonchev–Trinajstić information content (AvgIpc) is 2.89. The van der Waals surface area contributed by atoms with Crippen LogP contribution in [0.4, 0.5) is 5.69 Å². The van der Waals surface area contributed by atoms with E-state index in [4.69, 9.17) is 0 Å². The molecule has 0 aliphatic carbocycles. The second kappa shape index (κ2) is 5.56. The van der Waals surface area contributed by atoms with Crippen LogP contribution in [-0.2, 0) is 18.4 Å². The lowest BCUT2D eigenvalue weighted by atomic mass is 10.2. The average molecular weight is 313 g/mol. The predicted molar refractivity (Wildman–Crippen MR) is 85.4 cm³/mol. The topological polar surface area (TPSA) is 102 Å². The Morgan fingerprint density at radius 3 is 2.87 bits per heavy atom. The van der Waals surface area contributed by atoms with Gasteiger partial charge in [-0.3, -0.25) is 19.1 Å². The number of hydrogen-bond acceptors (Lipinski definition) is 4. The highest BCUT2D eigenvalue weighted by Crippen LogP contribution is 2.10. The molecule has 2 N–H and O–H groups in total. The molecule has 3 rings (SSSR count). The predicted octanol–water partition coefficient (Wildman–Crippen LogP) is 0.370. The molecule has 0 atom stereocenters. The molecule has 3 aromatic rings. The van der Waals surface area contributed by atoms with Gasteiger partial charge in [-0.1, -0.05) is 12.1 Å². The number of nitrogens with zero attached hydrogens (tertiary/aromatic N) is 3. The van der Waals surface area contributed by atoms with Crippen molar-refractivity contribution in [1.82, 2.24) is 19.1 Å². The van der Waals surface area contributed by atoms with Crippen LogP contribution in [0, 0.1) is 6.92 Å². The number of amides is 1. The third kappa shape index (κ3) is 2.78. The zero-order valence-corrected chi connectivity index (χ0v) is 12.7. The summed E-state index contributed by atoms with van der Waals surface area (Å²) in [5, 5.41) is 2.76. The second-order valence-corrected chi connectivity index (χ2v) is 5.28. The van der Waals surface area contributed by atoms with Gasteiger partial charge >= 0.3 is 5.69 Å². The summed E-state index contributed by atoms with van der Waals surface area (Å²) in [5.74, 6) is -0.289. The lowest BCUT2D eigenvalue weighted by molar-refractivity contribution is -0.116. The van der Waals surface area contributed by atoms with Crippen LogP contribution in [0.2, 0.25) is 0 Å². The maximum atomic E-state index is 12.2. The fourth-order valence-corrected chi connectivity index (χ4v) is 2.38. The smallest absolute Gasteiger partial charge is 0.325 e. The van der Waals surface area contributed by atoms with E-state index in [9.17, 15) is 14.4 Å². The number of benzene rings is 1. The molecule has 0 unspecified atom stereocenters. The molecule has 0 fully saturated rings. The number of carbonyl (C=O) groups is 1. The zero-order valence-electron chi connectivity index (χ0n) is 12.7.